The molecule has 0 spiro atoms. The fourth-order valence-electron chi connectivity index (χ4n) is 3.32. The SMILES string of the molecule is C=C/C(Cl)=C\C(Cl)=C(/C)OC(CC)C(=O)NC1CCCC2=C1C=CC(F)C2. The van der Waals surface area contributed by atoms with Crippen molar-refractivity contribution in [3.05, 3.63) is 57.9 Å². The van der Waals surface area contributed by atoms with E-state index >= 15 is 0 Å². The van der Waals surface area contributed by atoms with Crippen LogP contribution in [0.5, 0.6) is 0 Å². The summed E-state index contributed by atoms with van der Waals surface area (Å²) < 4.78 is 19.4. The van der Waals surface area contributed by atoms with Crippen LogP contribution < -0.4 is 5.32 Å². The van der Waals surface area contributed by atoms with Gasteiger partial charge in [0.2, 0.25) is 0 Å². The van der Waals surface area contributed by atoms with Crippen LogP contribution in [0, 0.1) is 0 Å². The molecule has 3 nitrogen and oxygen atoms in total. The Kier molecular flexibility index (Phi) is 8.18. The smallest absolute Gasteiger partial charge is 0.261 e. The summed E-state index contributed by atoms with van der Waals surface area (Å²) in [6.45, 7) is 7.12. The quantitative estimate of drug-likeness (QED) is 0.421. The van der Waals surface area contributed by atoms with Crippen LogP contribution in [0.15, 0.2) is 57.9 Å². The topological polar surface area (TPSA) is 38.3 Å². The van der Waals surface area contributed by atoms with E-state index in [-0.39, 0.29) is 11.9 Å². The molecule has 0 radical (unpaired) electrons. The number of hydrogen-bond acceptors (Lipinski definition) is 2. The zero-order valence-electron chi connectivity index (χ0n) is 15.7. The number of allylic oxidation sites excluding steroid dienone is 7. The molecular weight excluding hydrogens is 388 g/mol. The first-order chi connectivity index (χ1) is 12.8. The van der Waals surface area contributed by atoms with Crippen LogP contribution in [0.3, 0.4) is 0 Å². The van der Waals surface area contributed by atoms with Crippen molar-refractivity contribution in [1.82, 2.24) is 5.32 Å². The lowest BCUT2D eigenvalue weighted by Crippen LogP contribution is -2.44. The first-order valence-corrected chi connectivity index (χ1v) is 9.98. The van der Waals surface area contributed by atoms with Crippen LogP contribution >= 0.6 is 23.2 Å². The van der Waals surface area contributed by atoms with Crippen molar-refractivity contribution in [2.45, 2.75) is 64.3 Å². The van der Waals surface area contributed by atoms with Crippen LogP contribution in [0.4, 0.5) is 4.39 Å². The molecule has 0 saturated heterocycles. The number of hydrogen-bond donors (Lipinski definition) is 1. The van der Waals surface area contributed by atoms with Crippen molar-refractivity contribution in [2.24, 2.45) is 0 Å². The number of alkyl halides is 1. The molecule has 0 aromatic heterocycles. The van der Waals surface area contributed by atoms with Gasteiger partial charge in [-0.25, -0.2) is 4.39 Å². The van der Waals surface area contributed by atoms with Crippen molar-refractivity contribution in [3.63, 3.8) is 0 Å². The number of ether oxygens (including phenoxy) is 1. The summed E-state index contributed by atoms with van der Waals surface area (Å²) in [7, 11) is 0. The third kappa shape index (κ3) is 5.98. The molecule has 3 atom stereocenters. The minimum absolute atomic E-state index is 0.0995. The monoisotopic (exact) mass is 413 g/mol. The number of nitrogens with one attached hydrogen (secondary N) is 1. The van der Waals surface area contributed by atoms with E-state index < -0.39 is 12.3 Å². The van der Waals surface area contributed by atoms with Crippen LogP contribution in [0.1, 0.15) is 46.0 Å². The van der Waals surface area contributed by atoms with Crippen molar-refractivity contribution in [3.8, 4) is 0 Å². The van der Waals surface area contributed by atoms with Crippen molar-refractivity contribution >= 4 is 29.1 Å². The average Bonchev–Trinajstić information content (AvgIpc) is 2.65. The Morgan fingerprint density at radius 1 is 1.52 bits per heavy atom. The molecule has 1 N–H and O–H groups in total. The van der Waals surface area contributed by atoms with E-state index in [2.05, 4.69) is 11.9 Å². The average molecular weight is 414 g/mol. The van der Waals surface area contributed by atoms with Crippen LogP contribution in [-0.2, 0) is 9.53 Å². The van der Waals surface area contributed by atoms with Gasteiger partial charge in [0.1, 0.15) is 11.9 Å². The second kappa shape index (κ2) is 10.1. The Morgan fingerprint density at radius 3 is 2.93 bits per heavy atom. The maximum atomic E-state index is 13.6. The maximum Gasteiger partial charge on any atom is 0.261 e. The molecule has 0 fully saturated rings. The van der Waals surface area contributed by atoms with Crippen LogP contribution in [0.2, 0.25) is 0 Å². The summed E-state index contributed by atoms with van der Waals surface area (Å²) >= 11 is 12.1. The van der Waals surface area contributed by atoms with Gasteiger partial charge in [-0.05, 0) is 44.3 Å². The normalized spacial score (nSPS) is 24.7. The Morgan fingerprint density at radius 2 is 2.26 bits per heavy atom. The molecule has 2 rings (SSSR count). The molecule has 6 heteroatoms. The molecule has 27 heavy (non-hydrogen) atoms. The van der Waals surface area contributed by atoms with E-state index in [1.165, 1.54) is 12.2 Å². The first kappa shape index (κ1) is 21.8. The van der Waals surface area contributed by atoms with Gasteiger partial charge in [0.15, 0.2) is 6.10 Å². The molecule has 0 bridgehead atoms. The predicted octanol–water partition coefficient (Wildman–Crippen LogP) is 5.82. The molecule has 0 aromatic carbocycles. The third-order valence-electron chi connectivity index (χ3n) is 4.78. The molecule has 2 aliphatic rings. The Balaban J connectivity index is 2.07. The summed E-state index contributed by atoms with van der Waals surface area (Å²) in [5.74, 6) is 0.217. The summed E-state index contributed by atoms with van der Waals surface area (Å²) in [5, 5.41) is 3.77. The zero-order valence-corrected chi connectivity index (χ0v) is 17.2. The lowest BCUT2D eigenvalue weighted by Gasteiger charge is -2.31. The molecule has 0 heterocycles. The highest BCUT2D eigenvalue weighted by atomic mass is 35.5. The van der Waals surface area contributed by atoms with Gasteiger partial charge < -0.3 is 10.1 Å². The predicted molar refractivity (Wildman–Crippen MR) is 109 cm³/mol. The van der Waals surface area contributed by atoms with Crippen molar-refractivity contribution in [1.29, 1.82) is 0 Å². The highest BCUT2D eigenvalue weighted by Crippen LogP contribution is 2.33. The van der Waals surface area contributed by atoms with Crippen LogP contribution in [0.25, 0.3) is 0 Å². The maximum absolute atomic E-state index is 13.6. The van der Waals surface area contributed by atoms with E-state index in [1.807, 2.05) is 13.0 Å². The Bertz CT molecular complexity index is 709. The minimum Gasteiger partial charge on any atom is -0.484 e. The summed E-state index contributed by atoms with van der Waals surface area (Å²) in [4.78, 5) is 12.7. The lowest BCUT2D eigenvalue weighted by molar-refractivity contribution is -0.131. The molecule has 1 amide bonds. The van der Waals surface area contributed by atoms with Gasteiger partial charge in [0.05, 0.1) is 11.1 Å². The van der Waals surface area contributed by atoms with Crippen molar-refractivity contribution < 1.29 is 13.9 Å². The van der Waals surface area contributed by atoms with Gasteiger partial charge in [0, 0.05) is 11.5 Å². The molecule has 148 valence electrons. The second-order valence-electron chi connectivity index (χ2n) is 6.74. The fourth-order valence-corrected chi connectivity index (χ4v) is 3.65. The van der Waals surface area contributed by atoms with E-state index in [1.54, 1.807) is 13.0 Å². The van der Waals surface area contributed by atoms with E-state index in [9.17, 15) is 9.18 Å². The van der Waals surface area contributed by atoms with E-state index in [0.717, 1.165) is 30.4 Å². The van der Waals surface area contributed by atoms with Crippen molar-refractivity contribution in [2.75, 3.05) is 0 Å². The Hall–Kier alpha value is -1.52. The highest BCUT2D eigenvalue weighted by Gasteiger charge is 2.29. The highest BCUT2D eigenvalue weighted by molar-refractivity contribution is 6.35. The molecule has 0 saturated carbocycles. The second-order valence-corrected chi connectivity index (χ2v) is 7.59. The van der Waals surface area contributed by atoms with Gasteiger partial charge in [-0.15, -0.1) is 0 Å². The van der Waals surface area contributed by atoms with E-state index in [4.69, 9.17) is 27.9 Å². The first-order valence-electron chi connectivity index (χ1n) is 9.22. The molecule has 0 aromatic rings. The standard InChI is InChI=1S/C21H26Cl2FNO2/c1-4-15(22)12-18(23)13(3)27-20(5-2)21(26)25-19-8-6-7-14-11-16(24)9-10-17(14)19/h4,9-10,12,16,19-20H,1,5-8,11H2,2-3H3,(H,25,26)/b15-12+,18-13-. The van der Waals surface area contributed by atoms with Gasteiger partial charge in [-0.1, -0.05) is 60.5 Å². The number of carbonyl (C=O) groups excluding carboxylic acids is 1. The molecule has 0 aliphatic heterocycles. The number of halogens is 3. The largest absolute Gasteiger partial charge is 0.484 e. The molecule has 2 aliphatic carbocycles. The minimum atomic E-state index is -0.921. The third-order valence-corrected chi connectivity index (χ3v) is 5.41. The summed E-state index contributed by atoms with van der Waals surface area (Å²) in [6, 6.07) is -0.0995. The van der Waals surface area contributed by atoms with Gasteiger partial charge in [-0.2, -0.15) is 0 Å². The molecular formula is C21H26Cl2FNO2. The zero-order chi connectivity index (χ0) is 20.0. The Labute approximate surface area is 170 Å². The summed E-state index contributed by atoms with van der Waals surface area (Å²) in [6.07, 6.45) is 8.40. The summed E-state index contributed by atoms with van der Waals surface area (Å²) in [5.41, 5.74) is 2.16. The van der Waals surface area contributed by atoms with Gasteiger partial charge >= 0.3 is 0 Å². The van der Waals surface area contributed by atoms with Gasteiger partial charge in [0.25, 0.3) is 5.91 Å². The van der Waals surface area contributed by atoms with Crippen LogP contribution in [-0.4, -0.2) is 24.2 Å². The van der Waals surface area contributed by atoms with Gasteiger partial charge in [-0.3, -0.25) is 4.79 Å². The number of amides is 1. The lowest BCUT2D eigenvalue weighted by atomic mass is 9.82. The fraction of sp³-hybridized carbons (Fsp3) is 0.476. The number of rotatable bonds is 7. The molecule has 3 unspecified atom stereocenters. The van der Waals surface area contributed by atoms with E-state index in [0.29, 0.717) is 28.7 Å². The number of carbonyl (C=O) groups is 1.